The van der Waals surface area contributed by atoms with Crippen LogP contribution in [-0.2, 0) is 0 Å². The molecule has 164 valence electrons. The van der Waals surface area contributed by atoms with Gasteiger partial charge in [0.15, 0.2) is 6.29 Å². The molecule has 10 N–H and O–H groups in total. The molecule has 0 spiro atoms. The van der Waals surface area contributed by atoms with Crippen molar-refractivity contribution in [3.8, 4) is 0 Å². The highest BCUT2D eigenvalue weighted by atomic mass is 35.5. The summed E-state index contributed by atoms with van der Waals surface area (Å²) in [5.74, 6) is 3.39. The molecule has 2 aromatic rings. The van der Waals surface area contributed by atoms with Crippen LogP contribution in [0.25, 0.3) is 0 Å². The van der Waals surface area contributed by atoms with Crippen molar-refractivity contribution >= 4 is 60.0 Å². The molecule has 0 heterocycles. The van der Waals surface area contributed by atoms with Gasteiger partial charge in [-0.3, -0.25) is 4.79 Å². The number of hydrogen-bond donors (Lipinski definition) is 5. The van der Waals surface area contributed by atoms with Crippen molar-refractivity contribution in [3.05, 3.63) is 69.2 Å². The maximum Gasteiger partial charge on any atom is 0.211 e. The molecule has 0 aliphatic carbocycles. The lowest BCUT2D eigenvalue weighted by atomic mass is 10.2. The fourth-order valence-electron chi connectivity index (χ4n) is 1.38. The van der Waals surface area contributed by atoms with Gasteiger partial charge in [0.1, 0.15) is 11.6 Å². The highest BCUT2D eigenvalue weighted by Crippen LogP contribution is 2.15. The quantitative estimate of drug-likeness (QED) is 0.146. The number of halogens is 5. The summed E-state index contributed by atoms with van der Waals surface area (Å²) in [5.41, 5.74) is 20.0. The minimum atomic E-state index is -0.452. The van der Waals surface area contributed by atoms with Crippen molar-refractivity contribution in [1.82, 2.24) is 0 Å². The summed E-state index contributed by atoms with van der Waals surface area (Å²) < 4.78 is 25.0. The van der Waals surface area contributed by atoms with Crippen LogP contribution in [0.1, 0.15) is 15.9 Å². The molecule has 0 atom stereocenters. The number of hydrogen-bond acceptors (Lipinski definition) is 5. The van der Waals surface area contributed by atoms with Gasteiger partial charge < -0.3 is 28.8 Å². The minimum absolute atomic E-state index is 0. The van der Waals surface area contributed by atoms with Crippen LogP contribution in [0.15, 0.2) is 51.7 Å². The molecule has 0 radical (unpaired) electrons. The minimum Gasteiger partial charge on any atom is -0.369 e. The number of nitrogens with zero attached hydrogens (tertiary/aromatic N) is 3. The molecular weight excluding hydrogens is 465 g/mol. The number of carbonyl (C=O) groups excluding carboxylic acids is 1. The van der Waals surface area contributed by atoms with Crippen molar-refractivity contribution in [1.29, 1.82) is 0 Å². The summed E-state index contributed by atoms with van der Waals surface area (Å²) in [6.45, 7) is 0. The Bertz CT molecular complexity index is 902. The van der Waals surface area contributed by atoms with Crippen molar-refractivity contribution in [3.63, 3.8) is 0 Å². The second kappa shape index (κ2) is 15.7. The van der Waals surface area contributed by atoms with Crippen LogP contribution in [0.4, 0.5) is 8.78 Å². The highest BCUT2D eigenvalue weighted by Gasteiger charge is 1.99. The van der Waals surface area contributed by atoms with Crippen LogP contribution in [-0.4, -0.2) is 24.4 Å². The Kier molecular flexibility index (Phi) is 15.2. The topological polar surface area (TPSA) is 184 Å². The van der Waals surface area contributed by atoms with Gasteiger partial charge in [0, 0.05) is 16.1 Å². The lowest BCUT2D eigenvalue weighted by molar-refractivity contribution is 0.112. The average Bonchev–Trinajstić information content (AvgIpc) is 2.67. The Morgan fingerprint density at radius 3 is 1.67 bits per heavy atom. The van der Waals surface area contributed by atoms with Crippen molar-refractivity contribution < 1.29 is 13.6 Å². The van der Waals surface area contributed by atoms with Gasteiger partial charge in [-0.25, -0.2) is 8.78 Å². The number of hydrazone groups is 1. The van der Waals surface area contributed by atoms with Gasteiger partial charge in [-0.15, -0.1) is 22.6 Å². The maximum atomic E-state index is 12.7. The Labute approximate surface area is 187 Å². The largest absolute Gasteiger partial charge is 0.369 e. The fraction of sp³-hybridized carbons (Fsp3) is 0. The summed E-state index contributed by atoms with van der Waals surface area (Å²) in [6.07, 6.45) is 1.79. The molecule has 0 aliphatic heterocycles. The number of benzene rings is 2. The second-order valence-corrected chi connectivity index (χ2v) is 5.59. The molecule has 0 unspecified atom stereocenters. The zero-order valence-electron chi connectivity index (χ0n) is 15.2. The van der Waals surface area contributed by atoms with Crippen LogP contribution in [0.3, 0.4) is 0 Å². The van der Waals surface area contributed by atoms with E-state index in [1.54, 1.807) is 0 Å². The zero-order valence-corrected chi connectivity index (χ0v) is 17.5. The van der Waals surface area contributed by atoms with E-state index in [1.165, 1.54) is 36.5 Å². The number of rotatable bonds is 3. The molecule has 0 bridgehead atoms. The molecule has 0 saturated carbocycles. The van der Waals surface area contributed by atoms with E-state index < -0.39 is 11.6 Å². The van der Waals surface area contributed by atoms with E-state index >= 15 is 0 Å². The summed E-state index contributed by atoms with van der Waals surface area (Å²) in [6, 6.07) is 7.55. The molecule has 2 rings (SSSR count). The summed E-state index contributed by atoms with van der Waals surface area (Å²) in [7, 11) is 0. The Balaban J connectivity index is 0. The van der Waals surface area contributed by atoms with Gasteiger partial charge >= 0.3 is 0 Å². The van der Waals surface area contributed by atoms with Gasteiger partial charge in [-0.05, 0) is 36.4 Å². The monoisotopic (exact) mass is 482 g/mol. The smallest absolute Gasteiger partial charge is 0.211 e. The first-order chi connectivity index (χ1) is 13.6. The standard InChI is InChI=1S/C8H8ClFN4.C7H4ClFO.CH6N4.ClH/c9-7-2-1-6(10)3-5(7)4-13-14-8(11)12;8-7-2-1-6(9)3-5(7)4-10;2-1(3)5-4;/h1-4H,(H4,11,12,14);1-4H;4H2,(H4,2,3,5);1H/b13-4+;;;. The third-order valence-corrected chi connectivity index (χ3v) is 3.25. The van der Waals surface area contributed by atoms with Gasteiger partial charge in [-0.1, -0.05) is 23.2 Å². The Morgan fingerprint density at radius 1 is 0.867 bits per heavy atom. The molecule has 0 aromatic heterocycles. The number of carbonyl (C=O) groups is 1. The van der Waals surface area contributed by atoms with Crippen LogP contribution in [0, 0.1) is 11.6 Å². The van der Waals surface area contributed by atoms with Crippen molar-refractivity contribution in [2.24, 2.45) is 44.1 Å². The van der Waals surface area contributed by atoms with Crippen molar-refractivity contribution in [2.75, 3.05) is 0 Å². The second-order valence-electron chi connectivity index (χ2n) is 4.77. The van der Waals surface area contributed by atoms with E-state index in [-0.39, 0.29) is 34.9 Å². The molecule has 30 heavy (non-hydrogen) atoms. The van der Waals surface area contributed by atoms with E-state index in [4.69, 9.17) is 46.1 Å². The SMILES string of the molecule is Cl.NC(N)=N/N=C/c1cc(F)ccc1Cl.NN=C(N)N.O=Cc1cc(F)ccc1Cl. The zero-order chi connectivity index (χ0) is 22.4. The van der Waals surface area contributed by atoms with Gasteiger partial charge in [0.25, 0.3) is 0 Å². The van der Waals surface area contributed by atoms with E-state index in [1.807, 2.05) is 0 Å². The van der Waals surface area contributed by atoms with E-state index in [0.717, 1.165) is 6.07 Å². The van der Waals surface area contributed by atoms with Gasteiger partial charge in [0.05, 0.1) is 11.2 Å². The first-order valence-electron chi connectivity index (χ1n) is 7.36. The number of nitrogens with two attached hydrogens (primary N) is 5. The molecule has 9 nitrogen and oxygen atoms in total. The van der Waals surface area contributed by atoms with Gasteiger partial charge in [0.2, 0.25) is 11.9 Å². The molecule has 14 heteroatoms. The molecule has 0 fully saturated rings. The summed E-state index contributed by atoms with van der Waals surface area (Å²) in [4.78, 5) is 10.1. The van der Waals surface area contributed by atoms with Crippen LogP contribution < -0.4 is 28.8 Å². The maximum absolute atomic E-state index is 12.7. The summed E-state index contributed by atoms with van der Waals surface area (Å²) >= 11 is 11.2. The normalized spacial score (nSPS) is 9.07. The third-order valence-electron chi connectivity index (χ3n) is 2.56. The highest BCUT2D eigenvalue weighted by molar-refractivity contribution is 6.33. The lowest BCUT2D eigenvalue weighted by Crippen LogP contribution is -2.23. The predicted octanol–water partition coefficient (Wildman–Crippen LogP) is 1.93. The van der Waals surface area contributed by atoms with Crippen LogP contribution in [0.5, 0.6) is 0 Å². The molecule has 0 saturated heterocycles. The Hall–Kier alpha value is -3.15. The first kappa shape index (κ1) is 29.1. The molecular formula is C16H19Cl3F2N8O. The molecule has 0 aliphatic rings. The first-order valence-corrected chi connectivity index (χ1v) is 8.12. The van der Waals surface area contributed by atoms with E-state index in [0.29, 0.717) is 16.9 Å². The van der Waals surface area contributed by atoms with E-state index in [9.17, 15) is 13.6 Å². The molecule has 0 amide bonds. The number of guanidine groups is 2. The third kappa shape index (κ3) is 13.1. The van der Waals surface area contributed by atoms with Crippen LogP contribution in [0.2, 0.25) is 10.0 Å². The Morgan fingerprint density at radius 2 is 1.30 bits per heavy atom. The molecule has 2 aromatic carbocycles. The van der Waals surface area contributed by atoms with Crippen molar-refractivity contribution in [2.45, 2.75) is 0 Å². The number of aldehydes is 1. The predicted molar refractivity (Wildman–Crippen MR) is 119 cm³/mol. The lowest BCUT2D eigenvalue weighted by Gasteiger charge is -1.95. The van der Waals surface area contributed by atoms with E-state index in [2.05, 4.69) is 21.1 Å². The average molecular weight is 484 g/mol. The van der Waals surface area contributed by atoms with Gasteiger partial charge in [-0.2, -0.15) is 5.10 Å². The summed E-state index contributed by atoms with van der Waals surface area (Å²) in [5, 5.41) is 10.4. The van der Waals surface area contributed by atoms with Crippen LogP contribution >= 0.6 is 35.6 Å². The fourth-order valence-corrected chi connectivity index (χ4v) is 1.70.